The van der Waals surface area contributed by atoms with E-state index in [0.717, 1.165) is 4.88 Å². The predicted molar refractivity (Wildman–Crippen MR) is 70.7 cm³/mol. The third-order valence-corrected chi connectivity index (χ3v) is 4.51. The second kappa shape index (κ2) is 4.94. The smallest absolute Gasteiger partial charge is 0.225 e. The molecule has 3 nitrogen and oxygen atoms in total. The van der Waals surface area contributed by atoms with E-state index in [4.69, 9.17) is 0 Å². The minimum absolute atomic E-state index is 0.00981. The molecule has 1 amide bonds. The quantitative estimate of drug-likeness (QED) is 0.893. The molecule has 0 spiro atoms. The number of nitrogens with zero attached hydrogens (tertiary/aromatic N) is 1. The third kappa shape index (κ3) is 2.38. The highest BCUT2D eigenvalue weighted by atomic mass is 32.2. The minimum Gasteiger partial charge on any atom is -0.320 e. The molecule has 1 aromatic heterocycles. The lowest BCUT2D eigenvalue weighted by Crippen LogP contribution is -2.30. The third-order valence-electron chi connectivity index (χ3n) is 2.66. The first-order valence-corrected chi connectivity index (χ1v) is 7.24. The van der Waals surface area contributed by atoms with Gasteiger partial charge in [0.25, 0.3) is 0 Å². The van der Waals surface area contributed by atoms with Gasteiger partial charge in [-0.3, -0.25) is 4.79 Å². The lowest BCUT2D eigenvalue weighted by atomic mass is 9.92. The molecular weight excluding hydrogens is 252 g/mol. The van der Waals surface area contributed by atoms with Gasteiger partial charge in [0.15, 0.2) is 0 Å². The average molecular weight is 264 g/mol. The second-order valence-corrected chi connectivity index (χ2v) is 5.95. The molecule has 17 heavy (non-hydrogen) atoms. The monoisotopic (exact) mass is 264 g/mol. The van der Waals surface area contributed by atoms with Crippen LogP contribution in [0.3, 0.4) is 0 Å². The molecule has 2 rings (SSSR count). The molecular formula is C12H12N2OS2. The SMILES string of the molecule is CSC1=C(C#N)[C@H](c2ccc(C)s2)CC(=O)N1. The number of hydrogen-bond acceptors (Lipinski definition) is 4. The number of carbonyl (C=O) groups excluding carboxylic acids is 1. The van der Waals surface area contributed by atoms with Gasteiger partial charge in [0, 0.05) is 22.1 Å². The van der Waals surface area contributed by atoms with Crippen LogP contribution in [0.4, 0.5) is 0 Å². The van der Waals surface area contributed by atoms with Crippen LogP contribution in [-0.4, -0.2) is 12.2 Å². The van der Waals surface area contributed by atoms with Gasteiger partial charge < -0.3 is 5.32 Å². The van der Waals surface area contributed by atoms with Crippen molar-refractivity contribution in [2.75, 3.05) is 6.26 Å². The molecule has 1 N–H and O–H groups in total. The van der Waals surface area contributed by atoms with Crippen LogP contribution in [0.2, 0.25) is 0 Å². The normalized spacial score (nSPS) is 20.1. The van der Waals surface area contributed by atoms with Crippen molar-refractivity contribution >= 4 is 29.0 Å². The Kier molecular flexibility index (Phi) is 3.55. The first kappa shape index (κ1) is 12.2. The summed E-state index contributed by atoms with van der Waals surface area (Å²) in [5.74, 6) is -0.0840. The number of thiophene rings is 1. The van der Waals surface area contributed by atoms with Crippen LogP contribution in [0.1, 0.15) is 22.1 Å². The summed E-state index contributed by atoms with van der Waals surface area (Å²) in [7, 11) is 0. The van der Waals surface area contributed by atoms with Crippen molar-refractivity contribution in [1.29, 1.82) is 5.26 Å². The highest BCUT2D eigenvalue weighted by molar-refractivity contribution is 8.02. The van der Waals surface area contributed by atoms with E-state index in [1.54, 1.807) is 11.3 Å². The summed E-state index contributed by atoms with van der Waals surface area (Å²) in [5.41, 5.74) is 0.680. The van der Waals surface area contributed by atoms with Crippen molar-refractivity contribution in [2.24, 2.45) is 0 Å². The minimum atomic E-state index is -0.0742. The van der Waals surface area contributed by atoms with Gasteiger partial charge >= 0.3 is 0 Å². The Bertz CT molecular complexity index is 525. The number of nitrogens with one attached hydrogen (secondary N) is 1. The lowest BCUT2D eigenvalue weighted by Gasteiger charge is -2.23. The molecule has 1 atom stereocenters. The maximum absolute atomic E-state index is 11.6. The Morgan fingerprint density at radius 1 is 1.59 bits per heavy atom. The Labute approximate surface area is 109 Å². The van der Waals surface area contributed by atoms with Crippen LogP contribution in [0, 0.1) is 18.3 Å². The Morgan fingerprint density at radius 3 is 2.88 bits per heavy atom. The Balaban J connectivity index is 2.45. The maximum atomic E-state index is 11.6. The first-order chi connectivity index (χ1) is 8.15. The molecule has 0 bridgehead atoms. The van der Waals surface area contributed by atoms with E-state index in [1.807, 2.05) is 25.3 Å². The zero-order valence-electron chi connectivity index (χ0n) is 9.61. The molecule has 88 valence electrons. The van der Waals surface area contributed by atoms with Crippen LogP contribution in [0.5, 0.6) is 0 Å². The van der Waals surface area contributed by atoms with Crippen LogP contribution in [-0.2, 0) is 4.79 Å². The van der Waals surface area contributed by atoms with E-state index in [1.165, 1.54) is 16.6 Å². The fraction of sp³-hybridized carbons (Fsp3) is 0.333. The molecule has 0 saturated carbocycles. The van der Waals surface area contributed by atoms with Crippen LogP contribution < -0.4 is 5.32 Å². The molecule has 0 aliphatic carbocycles. The number of thioether (sulfide) groups is 1. The molecule has 0 unspecified atom stereocenters. The highest BCUT2D eigenvalue weighted by Gasteiger charge is 2.29. The number of nitriles is 1. The van der Waals surface area contributed by atoms with E-state index in [2.05, 4.69) is 11.4 Å². The molecule has 1 aliphatic rings. The van der Waals surface area contributed by atoms with Crippen molar-refractivity contribution in [2.45, 2.75) is 19.3 Å². The van der Waals surface area contributed by atoms with Gasteiger partial charge in [0.05, 0.1) is 16.7 Å². The van der Waals surface area contributed by atoms with Gasteiger partial charge in [-0.1, -0.05) is 0 Å². The highest BCUT2D eigenvalue weighted by Crippen LogP contribution is 2.37. The Hall–Kier alpha value is -1.25. The summed E-state index contributed by atoms with van der Waals surface area (Å²) in [6.45, 7) is 2.03. The van der Waals surface area contributed by atoms with E-state index >= 15 is 0 Å². The van der Waals surface area contributed by atoms with E-state index in [0.29, 0.717) is 17.0 Å². The van der Waals surface area contributed by atoms with E-state index < -0.39 is 0 Å². The average Bonchev–Trinajstić information content (AvgIpc) is 2.74. The number of aryl methyl sites for hydroxylation is 1. The van der Waals surface area contributed by atoms with Crippen LogP contribution in [0.15, 0.2) is 22.7 Å². The van der Waals surface area contributed by atoms with Crippen LogP contribution in [0.25, 0.3) is 0 Å². The van der Waals surface area contributed by atoms with E-state index in [9.17, 15) is 10.1 Å². The molecule has 0 radical (unpaired) electrons. The molecule has 0 saturated heterocycles. The number of amides is 1. The summed E-state index contributed by atoms with van der Waals surface area (Å²) >= 11 is 3.07. The lowest BCUT2D eigenvalue weighted by molar-refractivity contribution is -0.120. The number of allylic oxidation sites excluding steroid dienone is 1. The molecule has 2 heterocycles. The number of hydrogen-bond donors (Lipinski definition) is 1. The Morgan fingerprint density at radius 2 is 2.35 bits per heavy atom. The summed E-state index contributed by atoms with van der Waals surface area (Å²) < 4.78 is 0. The van der Waals surface area contributed by atoms with Gasteiger partial charge in [-0.25, -0.2) is 0 Å². The summed E-state index contributed by atoms with van der Waals surface area (Å²) in [4.78, 5) is 13.9. The summed E-state index contributed by atoms with van der Waals surface area (Å²) in [6.07, 6.45) is 2.24. The van der Waals surface area contributed by atoms with Crippen molar-refractivity contribution < 1.29 is 4.79 Å². The first-order valence-electron chi connectivity index (χ1n) is 5.20. The fourth-order valence-corrected chi connectivity index (χ4v) is 3.48. The zero-order chi connectivity index (χ0) is 12.4. The largest absolute Gasteiger partial charge is 0.320 e. The number of rotatable bonds is 2. The van der Waals surface area contributed by atoms with Gasteiger partial charge in [-0.15, -0.1) is 23.1 Å². The van der Waals surface area contributed by atoms with Crippen molar-refractivity contribution in [3.05, 3.63) is 32.5 Å². The summed E-state index contributed by atoms with van der Waals surface area (Å²) in [6, 6.07) is 6.27. The van der Waals surface area contributed by atoms with Crippen molar-refractivity contribution in [1.82, 2.24) is 5.32 Å². The maximum Gasteiger partial charge on any atom is 0.225 e. The van der Waals surface area contributed by atoms with Crippen LogP contribution >= 0.6 is 23.1 Å². The molecule has 1 aromatic rings. The summed E-state index contributed by atoms with van der Waals surface area (Å²) in [5, 5.41) is 12.7. The predicted octanol–water partition coefficient (Wildman–Crippen LogP) is 2.76. The standard InChI is InChI=1S/C12H12N2OS2/c1-7-3-4-10(17-7)8-5-11(15)14-12(16-2)9(8)6-13/h3-4,8H,5H2,1-2H3,(H,14,15)/t8-/m1/s1. The van der Waals surface area contributed by atoms with Crippen molar-refractivity contribution in [3.63, 3.8) is 0 Å². The van der Waals surface area contributed by atoms with Gasteiger partial charge in [0.1, 0.15) is 0 Å². The number of carbonyl (C=O) groups is 1. The topological polar surface area (TPSA) is 52.9 Å². The molecule has 1 aliphatic heterocycles. The molecule has 0 fully saturated rings. The van der Waals surface area contributed by atoms with Gasteiger partial charge in [0.2, 0.25) is 5.91 Å². The van der Waals surface area contributed by atoms with Gasteiger partial charge in [-0.2, -0.15) is 5.26 Å². The zero-order valence-corrected chi connectivity index (χ0v) is 11.2. The van der Waals surface area contributed by atoms with Gasteiger partial charge in [-0.05, 0) is 25.3 Å². The molecule has 5 heteroatoms. The molecule has 0 aromatic carbocycles. The second-order valence-electron chi connectivity index (χ2n) is 3.81. The fourth-order valence-electron chi connectivity index (χ4n) is 1.86. The van der Waals surface area contributed by atoms with E-state index in [-0.39, 0.29) is 11.8 Å². The van der Waals surface area contributed by atoms with Crippen molar-refractivity contribution in [3.8, 4) is 6.07 Å².